The average molecular weight is 736 g/mol. The molecule has 3 N–H and O–H groups in total. The van der Waals surface area contributed by atoms with Gasteiger partial charge in [-0.15, -0.1) is 0 Å². The van der Waals surface area contributed by atoms with E-state index in [1.54, 1.807) is 0 Å². The lowest BCUT2D eigenvalue weighted by atomic mass is 10.0. The Kier molecular flexibility index (Phi) is 39.7. The number of hydrogen-bond donors (Lipinski definition) is 3. The van der Waals surface area contributed by atoms with Gasteiger partial charge in [0, 0.05) is 6.42 Å². The summed E-state index contributed by atoms with van der Waals surface area (Å²) in [6.07, 6.45) is 42.7. The molecule has 308 valence electrons. The average Bonchev–Trinajstić information content (AvgIpc) is 3.13. The Labute approximate surface area is 323 Å². The molecule has 0 aromatic carbocycles. The molecule has 3 atom stereocenters. The predicted molar refractivity (Wildman–Crippen MR) is 223 cm³/mol. The Balaban J connectivity index is 4.50. The third-order valence-corrected chi connectivity index (χ3v) is 10.6. The third-order valence-electron chi connectivity index (χ3n) is 10.6. The summed E-state index contributed by atoms with van der Waals surface area (Å²) in [7, 11) is 0. The standard InChI is InChI=1S/C46H89NO5/c1-4-7-10-13-16-19-21-22-24-26-29-32-35-38-44(49)43(41-48)47-45(50)40-42(37-34-31-28-25-18-15-12-9-6-3)52-46(51)39-36-33-30-27-23-20-17-14-11-8-5-2/h15,18,42-44,48-49H,4-14,16-17,19-41H2,1-3H3,(H,47,50)/b18-15-. The van der Waals surface area contributed by atoms with Crippen LogP contribution in [0.1, 0.15) is 245 Å². The van der Waals surface area contributed by atoms with Crippen LogP contribution in [0.2, 0.25) is 0 Å². The molecule has 0 aliphatic heterocycles. The molecule has 3 unspecified atom stereocenters. The van der Waals surface area contributed by atoms with E-state index < -0.39 is 18.2 Å². The maximum atomic E-state index is 13.1. The highest BCUT2D eigenvalue weighted by Gasteiger charge is 2.24. The molecule has 0 aliphatic carbocycles. The van der Waals surface area contributed by atoms with E-state index in [2.05, 4.69) is 38.2 Å². The molecule has 0 bridgehead atoms. The van der Waals surface area contributed by atoms with Gasteiger partial charge in [0.15, 0.2) is 0 Å². The van der Waals surface area contributed by atoms with Crippen molar-refractivity contribution in [1.82, 2.24) is 5.32 Å². The number of esters is 1. The van der Waals surface area contributed by atoms with Crippen molar-refractivity contribution in [1.29, 1.82) is 0 Å². The predicted octanol–water partition coefficient (Wildman–Crippen LogP) is 13.0. The van der Waals surface area contributed by atoms with Crippen LogP contribution in [0.25, 0.3) is 0 Å². The first-order chi connectivity index (χ1) is 25.5. The summed E-state index contributed by atoms with van der Waals surface area (Å²) < 4.78 is 5.87. The van der Waals surface area contributed by atoms with Crippen LogP contribution in [0.5, 0.6) is 0 Å². The minimum absolute atomic E-state index is 0.0723. The number of aliphatic hydroxyl groups excluding tert-OH is 2. The number of hydrogen-bond acceptors (Lipinski definition) is 5. The Bertz CT molecular complexity index is 787. The Morgan fingerprint density at radius 3 is 1.42 bits per heavy atom. The normalized spacial score (nSPS) is 13.4. The number of amides is 1. The number of unbranched alkanes of at least 4 members (excludes halogenated alkanes) is 27. The molecule has 0 aromatic heterocycles. The summed E-state index contributed by atoms with van der Waals surface area (Å²) in [6.45, 7) is 6.42. The van der Waals surface area contributed by atoms with E-state index in [4.69, 9.17) is 4.74 Å². The lowest BCUT2D eigenvalue weighted by Gasteiger charge is -2.24. The van der Waals surface area contributed by atoms with Gasteiger partial charge in [0.1, 0.15) is 6.10 Å². The molecule has 0 aromatic rings. The second kappa shape index (κ2) is 40.8. The van der Waals surface area contributed by atoms with Crippen LogP contribution in [0, 0.1) is 0 Å². The summed E-state index contributed by atoms with van der Waals surface area (Å²) in [5.74, 6) is -0.483. The first-order valence-electron chi connectivity index (χ1n) is 22.9. The van der Waals surface area contributed by atoms with E-state index in [-0.39, 0.29) is 24.9 Å². The lowest BCUT2D eigenvalue weighted by Crippen LogP contribution is -2.46. The van der Waals surface area contributed by atoms with Crippen LogP contribution in [0.3, 0.4) is 0 Å². The van der Waals surface area contributed by atoms with E-state index in [0.29, 0.717) is 19.3 Å². The van der Waals surface area contributed by atoms with Gasteiger partial charge in [-0.3, -0.25) is 9.59 Å². The molecule has 0 saturated carbocycles. The van der Waals surface area contributed by atoms with Crippen LogP contribution in [-0.2, 0) is 14.3 Å². The Morgan fingerprint density at radius 2 is 0.942 bits per heavy atom. The van der Waals surface area contributed by atoms with Crippen molar-refractivity contribution >= 4 is 11.9 Å². The fourth-order valence-corrected chi connectivity index (χ4v) is 7.06. The number of allylic oxidation sites excluding steroid dienone is 2. The molecule has 52 heavy (non-hydrogen) atoms. The SMILES string of the molecule is CCCC/C=C\CCCCCC(CC(=O)NC(CO)C(O)CCCCCCCCCCCCCCC)OC(=O)CCCCCCCCCCCCC. The Morgan fingerprint density at radius 1 is 0.538 bits per heavy atom. The molecule has 0 heterocycles. The quantitative estimate of drug-likeness (QED) is 0.0330. The van der Waals surface area contributed by atoms with E-state index in [0.717, 1.165) is 64.2 Å². The monoisotopic (exact) mass is 736 g/mol. The molecule has 0 saturated heterocycles. The van der Waals surface area contributed by atoms with Crippen molar-refractivity contribution < 1.29 is 24.5 Å². The molecular weight excluding hydrogens is 647 g/mol. The van der Waals surface area contributed by atoms with E-state index >= 15 is 0 Å². The van der Waals surface area contributed by atoms with Gasteiger partial charge < -0.3 is 20.3 Å². The number of carbonyl (C=O) groups excluding carboxylic acids is 2. The largest absolute Gasteiger partial charge is 0.462 e. The first kappa shape index (κ1) is 50.6. The van der Waals surface area contributed by atoms with Gasteiger partial charge >= 0.3 is 5.97 Å². The van der Waals surface area contributed by atoms with E-state index in [1.165, 1.54) is 135 Å². The summed E-state index contributed by atoms with van der Waals surface area (Å²) in [5, 5.41) is 23.6. The highest BCUT2D eigenvalue weighted by atomic mass is 16.5. The zero-order valence-electron chi connectivity index (χ0n) is 35.0. The number of ether oxygens (including phenoxy) is 1. The molecule has 0 radical (unpaired) electrons. The van der Waals surface area contributed by atoms with Crippen molar-refractivity contribution in [2.75, 3.05) is 6.61 Å². The van der Waals surface area contributed by atoms with Crippen LogP contribution in [0.4, 0.5) is 0 Å². The molecule has 0 rings (SSSR count). The second-order valence-corrected chi connectivity index (χ2v) is 15.8. The minimum atomic E-state index is -0.783. The zero-order valence-corrected chi connectivity index (χ0v) is 35.0. The summed E-state index contributed by atoms with van der Waals surface area (Å²) in [6, 6.07) is -0.697. The topological polar surface area (TPSA) is 95.9 Å². The molecular formula is C46H89NO5. The van der Waals surface area contributed by atoms with Crippen LogP contribution < -0.4 is 5.32 Å². The van der Waals surface area contributed by atoms with E-state index in [1.807, 2.05) is 0 Å². The van der Waals surface area contributed by atoms with Gasteiger partial charge in [0.05, 0.1) is 25.2 Å². The first-order valence-corrected chi connectivity index (χ1v) is 22.9. The van der Waals surface area contributed by atoms with Gasteiger partial charge in [-0.2, -0.15) is 0 Å². The van der Waals surface area contributed by atoms with Crippen molar-refractivity contribution in [2.45, 2.75) is 264 Å². The molecule has 6 nitrogen and oxygen atoms in total. The van der Waals surface area contributed by atoms with Crippen LogP contribution in [0.15, 0.2) is 12.2 Å². The Hall–Kier alpha value is -1.40. The number of aliphatic hydroxyl groups is 2. The fraction of sp³-hybridized carbons (Fsp3) is 0.913. The number of nitrogens with one attached hydrogen (secondary N) is 1. The van der Waals surface area contributed by atoms with Crippen molar-refractivity contribution in [3.63, 3.8) is 0 Å². The van der Waals surface area contributed by atoms with E-state index in [9.17, 15) is 19.8 Å². The molecule has 0 aliphatic rings. The molecule has 1 amide bonds. The van der Waals surface area contributed by atoms with Gasteiger partial charge in [0.2, 0.25) is 5.91 Å². The summed E-state index contributed by atoms with van der Waals surface area (Å²) >= 11 is 0. The van der Waals surface area contributed by atoms with Gasteiger partial charge in [-0.25, -0.2) is 0 Å². The lowest BCUT2D eigenvalue weighted by molar-refractivity contribution is -0.151. The maximum absolute atomic E-state index is 13.1. The van der Waals surface area contributed by atoms with Crippen molar-refractivity contribution in [2.24, 2.45) is 0 Å². The van der Waals surface area contributed by atoms with Crippen molar-refractivity contribution in [3.8, 4) is 0 Å². The van der Waals surface area contributed by atoms with Gasteiger partial charge in [-0.1, -0.05) is 200 Å². The molecule has 0 fully saturated rings. The van der Waals surface area contributed by atoms with Crippen LogP contribution >= 0.6 is 0 Å². The van der Waals surface area contributed by atoms with Gasteiger partial charge in [-0.05, 0) is 44.9 Å². The van der Waals surface area contributed by atoms with Crippen molar-refractivity contribution in [3.05, 3.63) is 12.2 Å². The highest BCUT2D eigenvalue weighted by Crippen LogP contribution is 2.17. The van der Waals surface area contributed by atoms with Gasteiger partial charge in [0.25, 0.3) is 0 Å². The molecule has 6 heteroatoms. The number of carbonyl (C=O) groups is 2. The number of rotatable bonds is 41. The summed E-state index contributed by atoms with van der Waals surface area (Å²) in [4.78, 5) is 25.9. The smallest absolute Gasteiger partial charge is 0.306 e. The summed E-state index contributed by atoms with van der Waals surface area (Å²) in [5.41, 5.74) is 0. The molecule has 0 spiro atoms. The maximum Gasteiger partial charge on any atom is 0.306 e. The second-order valence-electron chi connectivity index (χ2n) is 15.8. The van der Waals surface area contributed by atoms with Crippen LogP contribution in [-0.4, -0.2) is 46.9 Å². The zero-order chi connectivity index (χ0) is 38.2. The third kappa shape index (κ3) is 35.6. The highest BCUT2D eigenvalue weighted by molar-refractivity contribution is 5.77. The fourth-order valence-electron chi connectivity index (χ4n) is 7.06. The minimum Gasteiger partial charge on any atom is -0.462 e.